The van der Waals surface area contributed by atoms with Crippen LogP contribution in [-0.4, -0.2) is 62.8 Å². The second-order valence-electron chi connectivity index (χ2n) is 16.3. The largest absolute Gasteiger partial charge is 0.455 e. The molecule has 260 valence electrons. The third-order valence-electron chi connectivity index (χ3n) is 13.5. The lowest BCUT2D eigenvalue weighted by Crippen LogP contribution is -2.50. The first-order valence-corrected chi connectivity index (χ1v) is 20.2. The van der Waals surface area contributed by atoms with E-state index in [-0.39, 0.29) is 0 Å². The van der Waals surface area contributed by atoms with Gasteiger partial charge in [0, 0.05) is 16.3 Å². The highest BCUT2D eigenvalue weighted by Crippen LogP contribution is 2.43. The number of rotatable bonds is 4. The molecule has 0 amide bonds. The van der Waals surface area contributed by atoms with E-state index in [1.54, 1.807) is 0 Å². The summed E-state index contributed by atoms with van der Waals surface area (Å²) in [4.78, 5) is 0. The molecule has 9 heteroatoms. The highest BCUT2D eigenvalue weighted by atomic mass is 16.3. The molecular weight excluding hydrogens is 679 g/mol. The number of para-hydroxylation sites is 2. The summed E-state index contributed by atoms with van der Waals surface area (Å²) in [7, 11) is 18.6. The average molecular weight is 717 g/mol. The van der Waals surface area contributed by atoms with Gasteiger partial charge in [-0.15, -0.1) is 21.9 Å². The Hall–Kier alpha value is -5.92. The van der Waals surface area contributed by atoms with E-state index in [4.69, 9.17) is 4.42 Å². The maximum absolute atomic E-state index is 6.48. The molecule has 0 radical (unpaired) electrons. The van der Waals surface area contributed by atoms with Crippen LogP contribution < -0.4 is 43.7 Å². The van der Waals surface area contributed by atoms with E-state index in [2.05, 4.69) is 190 Å². The Morgan fingerprint density at radius 1 is 0.316 bits per heavy atom. The molecule has 0 spiro atoms. The molecule has 0 atom stereocenters. The molecule has 0 fully saturated rings. The lowest BCUT2D eigenvalue weighted by molar-refractivity contribution is 0.670. The highest BCUT2D eigenvalue weighted by Gasteiger charge is 2.25. The van der Waals surface area contributed by atoms with Crippen molar-refractivity contribution in [3.8, 4) is 44.5 Å². The maximum Gasteiger partial charge on any atom is 0.143 e. The van der Waals surface area contributed by atoms with Crippen molar-refractivity contribution in [2.45, 2.75) is 0 Å². The molecule has 57 heavy (non-hydrogen) atoms. The summed E-state index contributed by atoms with van der Waals surface area (Å²) in [5.74, 6) is 0. The number of fused-ring (bicyclic) bond motifs is 6. The summed E-state index contributed by atoms with van der Waals surface area (Å²) in [6.07, 6.45) is 0. The lowest BCUT2D eigenvalue weighted by atomic mass is 9.59. The van der Waals surface area contributed by atoms with Gasteiger partial charge < -0.3 is 4.42 Å². The van der Waals surface area contributed by atoms with Crippen molar-refractivity contribution in [2.75, 3.05) is 0 Å². The van der Waals surface area contributed by atoms with Crippen LogP contribution in [0.15, 0.2) is 138 Å². The minimum atomic E-state index is 0.922. The zero-order valence-electron chi connectivity index (χ0n) is 34.1. The number of hydrogen-bond acceptors (Lipinski definition) is 1. The number of furan rings is 1. The Bertz CT molecular complexity index is 3240. The van der Waals surface area contributed by atoms with Gasteiger partial charge in [-0.05, 0) is 89.5 Å². The fourth-order valence-corrected chi connectivity index (χ4v) is 9.70. The molecular formula is C48H38B8O. The quantitative estimate of drug-likeness (QED) is 0.182. The molecule has 0 N–H and O–H groups in total. The highest BCUT2D eigenvalue weighted by molar-refractivity contribution is 6.71. The zero-order valence-corrected chi connectivity index (χ0v) is 34.1. The first-order valence-electron chi connectivity index (χ1n) is 20.2. The Balaban J connectivity index is 1.26. The molecule has 10 aromatic rings. The van der Waals surface area contributed by atoms with E-state index >= 15 is 0 Å². The van der Waals surface area contributed by atoms with Crippen molar-refractivity contribution in [1.82, 2.24) is 0 Å². The molecule has 1 heterocycles. The predicted molar refractivity (Wildman–Crippen MR) is 273 cm³/mol. The van der Waals surface area contributed by atoms with Gasteiger partial charge in [0.05, 0.1) is 0 Å². The minimum Gasteiger partial charge on any atom is -0.455 e. The van der Waals surface area contributed by atoms with Crippen LogP contribution in [0.25, 0.3) is 98.8 Å². The van der Waals surface area contributed by atoms with Crippen LogP contribution in [0.5, 0.6) is 0 Å². The van der Waals surface area contributed by atoms with Gasteiger partial charge in [0.25, 0.3) is 0 Å². The van der Waals surface area contributed by atoms with Crippen molar-refractivity contribution in [3.05, 3.63) is 133 Å². The van der Waals surface area contributed by atoms with E-state index in [1.807, 2.05) is 6.07 Å². The van der Waals surface area contributed by atoms with Crippen molar-refractivity contribution in [3.63, 3.8) is 0 Å². The molecule has 10 rings (SSSR count). The second kappa shape index (κ2) is 13.3. The Morgan fingerprint density at radius 3 is 1.37 bits per heavy atom. The Morgan fingerprint density at radius 2 is 0.772 bits per heavy atom. The summed E-state index contributed by atoms with van der Waals surface area (Å²) < 4.78 is 6.48. The molecule has 9 aromatic carbocycles. The number of hydrogen-bond donors (Lipinski definition) is 0. The SMILES string of the molecule is Bc1c(B)c(B)c2c(-c3ccc4cc(-c5ccccc5)ccc4c3)c3c(B)c(B)c(B)c(B)c3c(-c3ccc(-c4cccc5c4oc4ccccc45)cc3)c2c1B. The summed E-state index contributed by atoms with van der Waals surface area (Å²) in [5.41, 5.74) is 22.7. The van der Waals surface area contributed by atoms with E-state index in [1.165, 1.54) is 109 Å². The van der Waals surface area contributed by atoms with Gasteiger partial charge in [0.2, 0.25) is 0 Å². The second-order valence-corrected chi connectivity index (χ2v) is 16.3. The van der Waals surface area contributed by atoms with Crippen LogP contribution in [-0.2, 0) is 0 Å². The van der Waals surface area contributed by atoms with E-state index in [0.717, 1.165) is 33.1 Å². The van der Waals surface area contributed by atoms with Gasteiger partial charge in [-0.25, -0.2) is 0 Å². The summed E-state index contributed by atoms with van der Waals surface area (Å²) in [6.45, 7) is 0. The normalized spacial score (nSPS) is 11.7. The summed E-state index contributed by atoms with van der Waals surface area (Å²) >= 11 is 0. The molecule has 0 saturated heterocycles. The average Bonchev–Trinajstić information content (AvgIpc) is 3.64. The Labute approximate surface area is 341 Å². The van der Waals surface area contributed by atoms with Crippen LogP contribution in [0.1, 0.15) is 0 Å². The summed E-state index contributed by atoms with van der Waals surface area (Å²) in [5, 5.41) is 10.2. The third-order valence-corrected chi connectivity index (χ3v) is 13.5. The van der Waals surface area contributed by atoms with Crippen molar-refractivity contribution >= 4 is 161 Å². The van der Waals surface area contributed by atoms with Crippen molar-refractivity contribution < 1.29 is 4.42 Å². The maximum atomic E-state index is 6.48. The third kappa shape index (κ3) is 5.35. The van der Waals surface area contributed by atoms with E-state index < -0.39 is 0 Å². The van der Waals surface area contributed by atoms with Crippen LogP contribution in [0.4, 0.5) is 0 Å². The van der Waals surface area contributed by atoms with Crippen LogP contribution in [0.2, 0.25) is 0 Å². The number of benzene rings is 9. The van der Waals surface area contributed by atoms with Crippen LogP contribution >= 0.6 is 0 Å². The predicted octanol–water partition coefficient (Wildman–Crippen LogP) is -0.219. The fraction of sp³-hybridized carbons (Fsp3) is 0. The zero-order chi connectivity index (χ0) is 39.3. The first-order chi connectivity index (χ1) is 27.6. The Kier molecular flexibility index (Phi) is 8.31. The topological polar surface area (TPSA) is 13.1 Å². The smallest absolute Gasteiger partial charge is 0.143 e. The lowest BCUT2D eigenvalue weighted by Gasteiger charge is -2.28. The molecule has 0 aliphatic carbocycles. The monoisotopic (exact) mass is 718 g/mol. The fourth-order valence-electron chi connectivity index (χ4n) is 9.70. The molecule has 1 nitrogen and oxygen atoms in total. The molecule has 0 bridgehead atoms. The van der Waals surface area contributed by atoms with Crippen molar-refractivity contribution in [1.29, 1.82) is 0 Å². The van der Waals surface area contributed by atoms with Gasteiger partial charge in [0.15, 0.2) is 0 Å². The molecule has 1 aromatic heterocycles. The first kappa shape index (κ1) is 35.5. The van der Waals surface area contributed by atoms with Crippen LogP contribution in [0, 0.1) is 0 Å². The molecule has 0 aliphatic heterocycles. The standard InChI is InChI=1S/C48H38B8O/c49-40-36-34(25-15-13-24(14-16-25)30-10-6-11-32-31-9-4-5-12-33(31)57-48(30)32)37-39(43(52)47(56)45(54)41(37)50)35(38(36)42(51)46(55)44(40)53)29-20-19-27-21-26(17-18-28(27)22-29)23-7-2-1-3-8-23/h1-22H,49-56H2. The van der Waals surface area contributed by atoms with Gasteiger partial charge in [-0.1, -0.05) is 137 Å². The van der Waals surface area contributed by atoms with E-state index in [9.17, 15) is 0 Å². The van der Waals surface area contributed by atoms with Gasteiger partial charge in [-0.3, -0.25) is 0 Å². The van der Waals surface area contributed by atoms with Gasteiger partial charge in [-0.2, -0.15) is 0 Å². The van der Waals surface area contributed by atoms with Gasteiger partial charge in [0.1, 0.15) is 73.9 Å². The molecule has 0 aliphatic rings. The minimum absolute atomic E-state index is 0.922. The van der Waals surface area contributed by atoms with Crippen molar-refractivity contribution in [2.24, 2.45) is 0 Å². The summed E-state index contributed by atoms with van der Waals surface area (Å²) in [6, 6.07) is 48.8. The van der Waals surface area contributed by atoms with Crippen LogP contribution in [0.3, 0.4) is 0 Å². The molecule has 0 unspecified atom stereocenters. The van der Waals surface area contributed by atoms with Gasteiger partial charge >= 0.3 is 0 Å². The molecule has 0 saturated carbocycles. The van der Waals surface area contributed by atoms with E-state index in [0.29, 0.717) is 0 Å².